The molecule has 1 aliphatic rings. The molecule has 2 rings (SSSR count). The fourth-order valence-corrected chi connectivity index (χ4v) is 3.19. The maximum atomic E-state index is 12.0. The molecule has 0 bridgehead atoms. The lowest BCUT2D eigenvalue weighted by atomic mass is 9.97. The van der Waals surface area contributed by atoms with Gasteiger partial charge in [0.1, 0.15) is 5.60 Å². The summed E-state index contributed by atoms with van der Waals surface area (Å²) in [5.74, 6) is 0.497. The highest BCUT2D eigenvalue weighted by Crippen LogP contribution is 2.23. The highest BCUT2D eigenvalue weighted by Gasteiger charge is 2.30. The van der Waals surface area contributed by atoms with E-state index in [0.29, 0.717) is 5.92 Å². The van der Waals surface area contributed by atoms with Crippen molar-refractivity contribution in [2.75, 3.05) is 13.1 Å². The first-order chi connectivity index (χ1) is 10.9. The summed E-state index contributed by atoms with van der Waals surface area (Å²) >= 11 is 0. The largest absolute Gasteiger partial charge is 0.444 e. The van der Waals surface area contributed by atoms with Gasteiger partial charge in [-0.05, 0) is 51.6 Å². The standard InChI is InChI=1S/C19H30N2O2/c1-5-17(20-18(22)23-19(2,3)4)16-11-12-21(14-16)13-15-9-7-6-8-10-15/h6-10,16-17H,5,11-14H2,1-4H3,(H,20,22)/t16?,17-/m0/s1. The molecule has 128 valence electrons. The van der Waals surface area contributed by atoms with Gasteiger partial charge in [-0.3, -0.25) is 4.90 Å². The van der Waals surface area contributed by atoms with E-state index < -0.39 is 5.60 Å². The number of benzene rings is 1. The monoisotopic (exact) mass is 318 g/mol. The van der Waals surface area contributed by atoms with Crippen LogP contribution in [-0.4, -0.2) is 35.7 Å². The van der Waals surface area contributed by atoms with E-state index in [2.05, 4.69) is 41.4 Å². The van der Waals surface area contributed by atoms with Crippen molar-refractivity contribution in [3.63, 3.8) is 0 Å². The summed E-state index contributed by atoms with van der Waals surface area (Å²) in [6, 6.07) is 10.7. The lowest BCUT2D eigenvalue weighted by Crippen LogP contribution is -2.43. The minimum atomic E-state index is -0.447. The van der Waals surface area contributed by atoms with E-state index in [-0.39, 0.29) is 12.1 Å². The third-order valence-corrected chi connectivity index (χ3v) is 4.27. The van der Waals surface area contributed by atoms with E-state index >= 15 is 0 Å². The molecule has 0 radical (unpaired) electrons. The maximum absolute atomic E-state index is 12.0. The third-order valence-electron chi connectivity index (χ3n) is 4.27. The fourth-order valence-electron chi connectivity index (χ4n) is 3.19. The second kappa shape index (κ2) is 7.82. The maximum Gasteiger partial charge on any atom is 0.407 e. The minimum Gasteiger partial charge on any atom is -0.444 e. The average Bonchev–Trinajstić information content (AvgIpc) is 2.92. The minimum absolute atomic E-state index is 0.186. The molecular weight excluding hydrogens is 288 g/mol. The predicted octanol–water partition coefficient (Wildman–Crippen LogP) is 3.81. The summed E-state index contributed by atoms with van der Waals surface area (Å²) in [5.41, 5.74) is 0.901. The van der Waals surface area contributed by atoms with Crippen molar-refractivity contribution in [2.45, 2.75) is 58.7 Å². The number of hydrogen-bond acceptors (Lipinski definition) is 3. The van der Waals surface area contributed by atoms with Gasteiger partial charge < -0.3 is 10.1 Å². The van der Waals surface area contributed by atoms with Crippen molar-refractivity contribution in [1.29, 1.82) is 0 Å². The van der Waals surface area contributed by atoms with Gasteiger partial charge in [0.25, 0.3) is 0 Å². The zero-order valence-corrected chi connectivity index (χ0v) is 14.8. The second-order valence-electron chi connectivity index (χ2n) is 7.43. The van der Waals surface area contributed by atoms with Crippen LogP contribution in [-0.2, 0) is 11.3 Å². The second-order valence-corrected chi connectivity index (χ2v) is 7.43. The SMILES string of the molecule is CC[C@H](NC(=O)OC(C)(C)C)C1CCN(Cc2ccccc2)C1. The van der Waals surface area contributed by atoms with Crippen LogP contribution in [0.25, 0.3) is 0 Å². The van der Waals surface area contributed by atoms with Crippen LogP contribution in [0.15, 0.2) is 30.3 Å². The van der Waals surface area contributed by atoms with Crippen LogP contribution >= 0.6 is 0 Å². The number of likely N-dealkylation sites (tertiary alicyclic amines) is 1. The Hall–Kier alpha value is -1.55. The van der Waals surface area contributed by atoms with Crippen LogP contribution in [0.3, 0.4) is 0 Å². The van der Waals surface area contributed by atoms with Gasteiger partial charge in [-0.1, -0.05) is 37.3 Å². The number of carbonyl (C=O) groups is 1. The Bertz CT molecular complexity index is 496. The number of nitrogens with one attached hydrogen (secondary N) is 1. The quantitative estimate of drug-likeness (QED) is 0.897. The Labute approximate surface area is 140 Å². The molecule has 1 heterocycles. The Balaban J connectivity index is 1.84. The molecule has 1 aromatic rings. The third kappa shape index (κ3) is 5.87. The Morgan fingerprint density at radius 1 is 1.35 bits per heavy atom. The van der Waals surface area contributed by atoms with Crippen LogP contribution < -0.4 is 5.32 Å². The molecule has 1 aromatic carbocycles. The molecular formula is C19H30N2O2. The van der Waals surface area contributed by atoms with Crippen LogP contribution in [0.1, 0.15) is 46.1 Å². The van der Waals surface area contributed by atoms with E-state index in [9.17, 15) is 4.79 Å². The Morgan fingerprint density at radius 2 is 2.04 bits per heavy atom. The summed E-state index contributed by atoms with van der Waals surface area (Å²) in [5, 5.41) is 3.06. The molecule has 4 heteroatoms. The van der Waals surface area contributed by atoms with Crippen LogP contribution in [0.2, 0.25) is 0 Å². The number of carbonyl (C=O) groups excluding carboxylic acids is 1. The van der Waals surface area contributed by atoms with Gasteiger partial charge in [0.05, 0.1) is 0 Å². The summed E-state index contributed by atoms with van der Waals surface area (Å²) in [6.07, 6.45) is 1.76. The summed E-state index contributed by atoms with van der Waals surface area (Å²) in [4.78, 5) is 14.5. The Morgan fingerprint density at radius 3 is 2.65 bits per heavy atom. The van der Waals surface area contributed by atoms with E-state index in [4.69, 9.17) is 4.74 Å². The Kier molecular flexibility index (Phi) is 6.05. The number of rotatable bonds is 5. The zero-order chi connectivity index (χ0) is 16.9. The normalized spacial score (nSPS) is 20.3. The number of ether oxygens (including phenoxy) is 1. The van der Waals surface area contributed by atoms with Crippen molar-refractivity contribution in [3.05, 3.63) is 35.9 Å². The average molecular weight is 318 g/mol. The number of alkyl carbamates (subject to hydrolysis) is 1. The number of hydrogen-bond donors (Lipinski definition) is 1. The van der Waals surface area contributed by atoms with Gasteiger partial charge in [-0.25, -0.2) is 4.79 Å². The smallest absolute Gasteiger partial charge is 0.407 e. The van der Waals surface area contributed by atoms with Crippen molar-refractivity contribution >= 4 is 6.09 Å². The lowest BCUT2D eigenvalue weighted by molar-refractivity contribution is 0.0484. The van der Waals surface area contributed by atoms with Gasteiger partial charge in [0.2, 0.25) is 0 Å². The molecule has 23 heavy (non-hydrogen) atoms. The van der Waals surface area contributed by atoms with Crippen molar-refractivity contribution in [1.82, 2.24) is 10.2 Å². The van der Waals surface area contributed by atoms with E-state index in [1.54, 1.807) is 0 Å². The molecule has 1 aliphatic heterocycles. The highest BCUT2D eigenvalue weighted by atomic mass is 16.6. The molecule has 0 saturated carbocycles. The van der Waals surface area contributed by atoms with E-state index in [0.717, 1.165) is 32.5 Å². The van der Waals surface area contributed by atoms with Crippen molar-refractivity contribution < 1.29 is 9.53 Å². The predicted molar refractivity (Wildman–Crippen MR) is 93.3 cm³/mol. The first-order valence-corrected chi connectivity index (χ1v) is 8.63. The molecule has 4 nitrogen and oxygen atoms in total. The molecule has 0 aromatic heterocycles. The zero-order valence-electron chi connectivity index (χ0n) is 14.8. The van der Waals surface area contributed by atoms with E-state index in [1.807, 2.05) is 26.8 Å². The van der Waals surface area contributed by atoms with E-state index in [1.165, 1.54) is 5.56 Å². The lowest BCUT2D eigenvalue weighted by Gasteiger charge is -2.26. The summed E-state index contributed by atoms with van der Waals surface area (Å²) in [6.45, 7) is 10.9. The number of amides is 1. The van der Waals surface area contributed by atoms with Crippen LogP contribution in [0.5, 0.6) is 0 Å². The van der Waals surface area contributed by atoms with Gasteiger partial charge in [-0.2, -0.15) is 0 Å². The number of nitrogens with zero attached hydrogens (tertiary/aromatic N) is 1. The van der Waals surface area contributed by atoms with Gasteiger partial charge in [0.15, 0.2) is 0 Å². The molecule has 1 unspecified atom stereocenters. The molecule has 1 saturated heterocycles. The molecule has 2 atom stereocenters. The van der Waals surface area contributed by atoms with Crippen LogP contribution in [0.4, 0.5) is 4.79 Å². The molecule has 1 N–H and O–H groups in total. The molecule has 1 fully saturated rings. The fraction of sp³-hybridized carbons (Fsp3) is 0.632. The molecule has 0 spiro atoms. The van der Waals surface area contributed by atoms with Gasteiger partial charge >= 0.3 is 6.09 Å². The highest BCUT2D eigenvalue weighted by molar-refractivity contribution is 5.68. The van der Waals surface area contributed by atoms with Crippen molar-refractivity contribution in [2.24, 2.45) is 5.92 Å². The first kappa shape index (κ1) is 17.8. The first-order valence-electron chi connectivity index (χ1n) is 8.63. The van der Waals surface area contributed by atoms with Gasteiger partial charge in [-0.15, -0.1) is 0 Å². The van der Waals surface area contributed by atoms with Gasteiger partial charge in [0, 0.05) is 19.1 Å². The van der Waals surface area contributed by atoms with Crippen LogP contribution in [0, 0.1) is 5.92 Å². The molecule has 0 aliphatic carbocycles. The summed E-state index contributed by atoms with van der Waals surface area (Å²) in [7, 11) is 0. The summed E-state index contributed by atoms with van der Waals surface area (Å²) < 4.78 is 5.39. The van der Waals surface area contributed by atoms with Crippen molar-refractivity contribution in [3.8, 4) is 0 Å². The molecule has 1 amide bonds. The topological polar surface area (TPSA) is 41.6 Å².